The van der Waals surface area contributed by atoms with Crippen molar-refractivity contribution >= 4 is 45.9 Å². The Labute approximate surface area is 167 Å². The normalized spacial score (nSPS) is 9.75. The zero-order valence-electron chi connectivity index (χ0n) is 14.9. The number of rotatable bonds is 2. The van der Waals surface area contributed by atoms with E-state index in [1.165, 1.54) is 19.5 Å². The number of aromatic carboxylic acids is 1. The summed E-state index contributed by atoms with van der Waals surface area (Å²) in [4.78, 5) is 30.0. The molecule has 0 unspecified atom stereocenters. The van der Waals surface area contributed by atoms with Crippen molar-refractivity contribution in [1.29, 1.82) is 0 Å². The van der Waals surface area contributed by atoms with Crippen LogP contribution in [-0.2, 0) is 4.74 Å². The van der Waals surface area contributed by atoms with Gasteiger partial charge in [0.05, 0.1) is 18.2 Å². The lowest BCUT2D eigenvalue weighted by atomic mass is 10.1. The number of carboxylic acids is 1. The minimum Gasteiger partial charge on any atom is -0.478 e. The quantitative estimate of drug-likeness (QED) is 0.506. The van der Waals surface area contributed by atoms with Gasteiger partial charge in [0.2, 0.25) is 0 Å². The summed E-state index contributed by atoms with van der Waals surface area (Å²) in [6.45, 7) is 0. The Morgan fingerprint density at radius 2 is 1.25 bits per heavy atom. The molecule has 0 aliphatic carbocycles. The number of benzene rings is 2. The van der Waals surface area contributed by atoms with Crippen molar-refractivity contribution in [2.24, 2.45) is 0 Å². The third-order valence-electron chi connectivity index (χ3n) is 3.97. The van der Waals surface area contributed by atoms with E-state index in [1.807, 2.05) is 42.5 Å². The predicted octanol–water partition coefficient (Wildman–Crippen LogP) is 4.38. The minimum absolute atomic E-state index is 0. The first kappa shape index (κ1) is 20.8. The van der Waals surface area contributed by atoms with Gasteiger partial charge >= 0.3 is 11.9 Å². The van der Waals surface area contributed by atoms with Gasteiger partial charge in [0.15, 0.2) is 0 Å². The van der Waals surface area contributed by atoms with Crippen LogP contribution in [0.5, 0.6) is 0 Å². The molecule has 0 aliphatic heterocycles. The average molecular weight is 397 g/mol. The van der Waals surface area contributed by atoms with E-state index in [-0.39, 0.29) is 23.9 Å². The topological polar surface area (TPSA) is 89.4 Å². The van der Waals surface area contributed by atoms with E-state index in [2.05, 4.69) is 14.7 Å². The van der Waals surface area contributed by atoms with Crippen LogP contribution < -0.4 is 0 Å². The van der Waals surface area contributed by atoms with Crippen LogP contribution in [-0.4, -0.2) is 34.1 Å². The van der Waals surface area contributed by atoms with Crippen LogP contribution in [0.1, 0.15) is 20.7 Å². The summed E-state index contributed by atoms with van der Waals surface area (Å²) in [5.41, 5.74) is 0.753. The maximum Gasteiger partial charge on any atom is 0.340 e. The van der Waals surface area contributed by atoms with E-state index >= 15 is 0 Å². The summed E-state index contributed by atoms with van der Waals surface area (Å²) in [7, 11) is 1.37. The molecular formula is C21H17ClN2O4. The first-order chi connectivity index (χ1) is 13.1. The largest absolute Gasteiger partial charge is 0.478 e. The Kier molecular flexibility index (Phi) is 7.01. The highest BCUT2D eigenvalue weighted by Gasteiger charge is 2.09. The third kappa shape index (κ3) is 4.42. The van der Waals surface area contributed by atoms with E-state index in [0.717, 1.165) is 21.5 Å². The van der Waals surface area contributed by atoms with Crippen LogP contribution in [0, 0.1) is 0 Å². The molecule has 1 N–H and O–H groups in total. The summed E-state index contributed by atoms with van der Waals surface area (Å²) in [5.74, 6) is -1.29. The second kappa shape index (κ2) is 9.43. The van der Waals surface area contributed by atoms with Crippen LogP contribution in [0.15, 0.2) is 73.3 Å². The Bertz CT molecular complexity index is 1120. The number of pyridine rings is 2. The molecule has 6 nitrogen and oxygen atoms in total. The van der Waals surface area contributed by atoms with Gasteiger partial charge in [-0.3, -0.25) is 9.97 Å². The maximum absolute atomic E-state index is 11.4. The molecule has 7 heteroatoms. The summed E-state index contributed by atoms with van der Waals surface area (Å²) >= 11 is 0. The number of aromatic nitrogens is 2. The Morgan fingerprint density at radius 3 is 1.75 bits per heavy atom. The van der Waals surface area contributed by atoms with Crippen LogP contribution in [0.25, 0.3) is 21.5 Å². The molecule has 0 amide bonds. The molecule has 0 fully saturated rings. The van der Waals surface area contributed by atoms with E-state index in [1.54, 1.807) is 18.5 Å². The number of hydrogen-bond acceptors (Lipinski definition) is 5. The minimum atomic E-state index is -0.940. The summed E-state index contributed by atoms with van der Waals surface area (Å²) in [6, 6.07) is 14.9. The number of halogens is 1. The standard InChI is InChI=1S/C11H9NO2.C10H7NO2.ClH/c1-14-11(13)10-7-12-6-8-4-2-3-5-9(8)10;12-10(13)9-6-11-5-7-3-1-2-4-8(7)9;/h2-7H,1H3;1-6H,(H,12,13);1H. The van der Waals surface area contributed by atoms with E-state index in [0.29, 0.717) is 5.56 Å². The molecule has 4 rings (SSSR count). The van der Waals surface area contributed by atoms with Crippen LogP contribution >= 0.6 is 12.4 Å². The monoisotopic (exact) mass is 396 g/mol. The van der Waals surface area contributed by atoms with Gasteiger partial charge in [-0.1, -0.05) is 48.5 Å². The first-order valence-electron chi connectivity index (χ1n) is 8.09. The zero-order valence-corrected chi connectivity index (χ0v) is 15.7. The van der Waals surface area contributed by atoms with Gasteiger partial charge in [0.1, 0.15) is 0 Å². The molecule has 28 heavy (non-hydrogen) atoms. The lowest BCUT2D eigenvalue weighted by molar-refractivity contribution is 0.0601. The average Bonchev–Trinajstić information content (AvgIpc) is 2.72. The van der Waals surface area contributed by atoms with Crippen LogP contribution in [0.3, 0.4) is 0 Å². The molecule has 0 saturated heterocycles. The number of carbonyl (C=O) groups excluding carboxylic acids is 1. The molecule has 2 aromatic heterocycles. The predicted molar refractivity (Wildman–Crippen MR) is 109 cm³/mol. The molecule has 0 saturated carbocycles. The fourth-order valence-electron chi connectivity index (χ4n) is 2.68. The van der Waals surface area contributed by atoms with Crippen molar-refractivity contribution < 1.29 is 19.4 Å². The molecule has 0 aliphatic rings. The molecular weight excluding hydrogens is 380 g/mol. The molecule has 0 spiro atoms. The highest BCUT2D eigenvalue weighted by molar-refractivity contribution is 6.04. The number of ether oxygens (including phenoxy) is 1. The number of methoxy groups -OCH3 is 1. The van der Waals surface area contributed by atoms with Gasteiger partial charge in [-0.05, 0) is 10.8 Å². The number of carboxylic acid groups (broad SMARTS) is 1. The van der Waals surface area contributed by atoms with Crippen LogP contribution in [0.2, 0.25) is 0 Å². The highest BCUT2D eigenvalue weighted by Crippen LogP contribution is 2.17. The molecule has 0 bridgehead atoms. The van der Waals surface area contributed by atoms with Crippen molar-refractivity contribution in [3.05, 3.63) is 84.4 Å². The Hall–Kier alpha value is -3.51. The summed E-state index contributed by atoms with van der Waals surface area (Å²) in [6.07, 6.45) is 6.27. The maximum atomic E-state index is 11.4. The van der Waals surface area contributed by atoms with Crippen molar-refractivity contribution in [1.82, 2.24) is 9.97 Å². The fourth-order valence-corrected chi connectivity index (χ4v) is 2.68. The number of hydrogen-bond donors (Lipinski definition) is 1. The van der Waals surface area contributed by atoms with E-state index < -0.39 is 5.97 Å². The van der Waals surface area contributed by atoms with Gasteiger partial charge in [-0.25, -0.2) is 9.59 Å². The van der Waals surface area contributed by atoms with Crippen molar-refractivity contribution in [2.75, 3.05) is 7.11 Å². The van der Waals surface area contributed by atoms with E-state index in [4.69, 9.17) is 5.11 Å². The third-order valence-corrected chi connectivity index (χ3v) is 3.97. The van der Waals surface area contributed by atoms with Gasteiger partial charge in [0, 0.05) is 35.6 Å². The van der Waals surface area contributed by atoms with E-state index in [9.17, 15) is 9.59 Å². The highest BCUT2D eigenvalue weighted by atomic mass is 35.5. The smallest absolute Gasteiger partial charge is 0.340 e. The lowest BCUT2D eigenvalue weighted by Crippen LogP contribution is -2.02. The fraction of sp³-hybridized carbons (Fsp3) is 0.0476. The molecule has 0 atom stereocenters. The summed E-state index contributed by atoms with van der Waals surface area (Å²) in [5, 5.41) is 12.2. The zero-order chi connectivity index (χ0) is 19.2. The summed E-state index contributed by atoms with van der Waals surface area (Å²) < 4.78 is 4.67. The van der Waals surface area contributed by atoms with Gasteiger partial charge in [-0.2, -0.15) is 0 Å². The second-order valence-corrected chi connectivity index (χ2v) is 5.61. The number of fused-ring (bicyclic) bond motifs is 2. The molecule has 0 radical (unpaired) electrons. The van der Waals surface area contributed by atoms with Crippen molar-refractivity contribution in [2.45, 2.75) is 0 Å². The lowest BCUT2D eigenvalue weighted by Gasteiger charge is -2.02. The number of nitrogens with zero attached hydrogens (tertiary/aromatic N) is 2. The second-order valence-electron chi connectivity index (χ2n) is 5.61. The number of esters is 1. The molecule has 4 aromatic rings. The molecule has 2 heterocycles. The van der Waals surface area contributed by atoms with Crippen molar-refractivity contribution in [3.63, 3.8) is 0 Å². The van der Waals surface area contributed by atoms with Crippen molar-refractivity contribution in [3.8, 4) is 0 Å². The van der Waals surface area contributed by atoms with Gasteiger partial charge < -0.3 is 9.84 Å². The SMILES string of the molecule is COC(=O)c1cncc2ccccc12.Cl.O=C(O)c1cncc2ccccc12. The Balaban J connectivity index is 0.000000194. The molecule has 142 valence electrons. The van der Waals surface area contributed by atoms with Gasteiger partial charge in [-0.15, -0.1) is 12.4 Å². The van der Waals surface area contributed by atoms with Gasteiger partial charge in [0.25, 0.3) is 0 Å². The first-order valence-corrected chi connectivity index (χ1v) is 8.09. The number of carbonyl (C=O) groups is 2. The Morgan fingerprint density at radius 1 is 0.786 bits per heavy atom. The van der Waals surface area contributed by atoms with Crippen LogP contribution in [0.4, 0.5) is 0 Å². The molecule has 2 aromatic carbocycles.